The number of rotatable bonds is 4. The van der Waals surface area contributed by atoms with Gasteiger partial charge < -0.3 is 15.0 Å². The van der Waals surface area contributed by atoms with Crippen molar-refractivity contribution < 1.29 is 4.74 Å². The van der Waals surface area contributed by atoms with Crippen molar-refractivity contribution in [3.05, 3.63) is 18.1 Å². The Hall–Kier alpha value is -1.20. The van der Waals surface area contributed by atoms with Crippen LogP contribution in [0.2, 0.25) is 0 Å². The number of hydrogen-bond donors (Lipinski definition) is 1. The Balaban J connectivity index is 2.10. The number of hydrogen-bond acceptors (Lipinski definition) is 5. The molecule has 1 saturated heterocycles. The van der Waals surface area contributed by atoms with Gasteiger partial charge in [0, 0.05) is 24.8 Å². The van der Waals surface area contributed by atoms with Gasteiger partial charge in [0.05, 0.1) is 19.3 Å². The molecule has 1 aliphatic heterocycles. The van der Waals surface area contributed by atoms with Crippen LogP contribution in [0.15, 0.2) is 12.4 Å². The lowest BCUT2D eigenvalue weighted by Crippen LogP contribution is -2.51. The fraction of sp³-hybridized carbons (Fsp3) is 0.667. The number of anilines is 1. The molecule has 0 aliphatic carbocycles. The smallest absolute Gasteiger partial charge is 0.132 e. The van der Waals surface area contributed by atoms with Crippen LogP contribution in [0.5, 0.6) is 0 Å². The van der Waals surface area contributed by atoms with Gasteiger partial charge in [-0.2, -0.15) is 0 Å². The Morgan fingerprint density at radius 3 is 3.18 bits per heavy atom. The maximum absolute atomic E-state index is 5.54. The molecule has 0 saturated carbocycles. The highest BCUT2D eigenvalue weighted by Gasteiger charge is 2.23. The second-order valence-corrected chi connectivity index (χ2v) is 4.25. The summed E-state index contributed by atoms with van der Waals surface area (Å²) in [4.78, 5) is 10.8. The molecule has 1 aliphatic rings. The molecule has 1 atom stereocenters. The Morgan fingerprint density at radius 2 is 2.41 bits per heavy atom. The molecule has 5 heteroatoms. The van der Waals surface area contributed by atoms with Gasteiger partial charge in [-0.1, -0.05) is 6.92 Å². The van der Waals surface area contributed by atoms with Crippen LogP contribution in [0.4, 0.5) is 5.82 Å². The van der Waals surface area contributed by atoms with Gasteiger partial charge in [0.15, 0.2) is 0 Å². The van der Waals surface area contributed by atoms with Crippen LogP contribution in [0.3, 0.4) is 0 Å². The van der Waals surface area contributed by atoms with Gasteiger partial charge in [0.25, 0.3) is 0 Å². The molecule has 0 radical (unpaired) electrons. The average molecular weight is 236 g/mol. The first-order valence-corrected chi connectivity index (χ1v) is 6.15. The third kappa shape index (κ3) is 3.14. The number of morpholine rings is 1. The van der Waals surface area contributed by atoms with Crippen LogP contribution in [0.25, 0.3) is 0 Å². The minimum absolute atomic E-state index is 0.359. The van der Waals surface area contributed by atoms with Crippen molar-refractivity contribution in [2.45, 2.75) is 19.9 Å². The molecule has 1 fully saturated rings. The van der Waals surface area contributed by atoms with E-state index >= 15 is 0 Å². The van der Waals surface area contributed by atoms with Crippen molar-refractivity contribution in [3.63, 3.8) is 0 Å². The molecule has 1 aromatic heterocycles. The van der Waals surface area contributed by atoms with Crippen LogP contribution in [0.1, 0.15) is 12.6 Å². The molecule has 2 heterocycles. The number of likely N-dealkylation sites (N-methyl/N-ethyl adjacent to an activating group) is 1. The molecular formula is C12H20N4O. The maximum atomic E-state index is 5.54. The molecule has 94 valence electrons. The van der Waals surface area contributed by atoms with Crippen molar-refractivity contribution >= 4 is 5.82 Å². The first-order chi connectivity index (χ1) is 8.31. The minimum atomic E-state index is 0.359. The fourth-order valence-corrected chi connectivity index (χ4v) is 2.03. The molecule has 0 amide bonds. The molecule has 0 bridgehead atoms. The standard InChI is InChI=1S/C12H20N4O/c1-3-13-7-11-8-17-5-4-16(11)12-6-10(2)14-9-15-12/h6,9,11,13H,3-5,7-8H2,1-2H3. The van der Waals surface area contributed by atoms with Crippen molar-refractivity contribution in [2.75, 3.05) is 37.7 Å². The quantitative estimate of drug-likeness (QED) is 0.829. The van der Waals surface area contributed by atoms with Crippen molar-refractivity contribution in [1.82, 2.24) is 15.3 Å². The van der Waals surface area contributed by atoms with E-state index in [2.05, 4.69) is 27.1 Å². The zero-order chi connectivity index (χ0) is 12.1. The summed E-state index contributed by atoms with van der Waals surface area (Å²) < 4.78 is 5.54. The van der Waals surface area contributed by atoms with Gasteiger partial charge in [0.2, 0.25) is 0 Å². The van der Waals surface area contributed by atoms with E-state index in [1.54, 1.807) is 6.33 Å². The first-order valence-electron chi connectivity index (χ1n) is 6.15. The number of aryl methyl sites for hydroxylation is 1. The third-order valence-electron chi connectivity index (χ3n) is 2.94. The summed E-state index contributed by atoms with van der Waals surface area (Å²) in [5.74, 6) is 1.00. The Labute approximate surface area is 102 Å². The van der Waals surface area contributed by atoms with E-state index in [-0.39, 0.29) is 0 Å². The Kier molecular flexibility index (Phi) is 4.28. The normalized spacial score (nSPS) is 20.6. The highest BCUT2D eigenvalue weighted by molar-refractivity contribution is 5.40. The summed E-state index contributed by atoms with van der Waals surface area (Å²) in [6.07, 6.45) is 1.63. The lowest BCUT2D eigenvalue weighted by atomic mass is 10.2. The number of ether oxygens (including phenoxy) is 1. The number of nitrogens with one attached hydrogen (secondary N) is 1. The number of aromatic nitrogens is 2. The second-order valence-electron chi connectivity index (χ2n) is 4.25. The molecule has 2 rings (SSSR count). The highest BCUT2D eigenvalue weighted by atomic mass is 16.5. The highest BCUT2D eigenvalue weighted by Crippen LogP contribution is 2.16. The van der Waals surface area contributed by atoms with E-state index in [4.69, 9.17) is 4.74 Å². The minimum Gasteiger partial charge on any atom is -0.377 e. The largest absolute Gasteiger partial charge is 0.377 e. The molecule has 0 aromatic carbocycles. The Morgan fingerprint density at radius 1 is 1.53 bits per heavy atom. The van der Waals surface area contributed by atoms with Crippen LogP contribution >= 0.6 is 0 Å². The van der Waals surface area contributed by atoms with Gasteiger partial charge >= 0.3 is 0 Å². The lowest BCUT2D eigenvalue weighted by Gasteiger charge is -2.36. The molecule has 1 unspecified atom stereocenters. The third-order valence-corrected chi connectivity index (χ3v) is 2.94. The monoisotopic (exact) mass is 236 g/mol. The Bertz CT molecular complexity index is 358. The predicted molar refractivity (Wildman–Crippen MR) is 67.3 cm³/mol. The summed E-state index contributed by atoms with van der Waals surface area (Å²) in [6, 6.07) is 2.39. The topological polar surface area (TPSA) is 50.3 Å². The SMILES string of the molecule is CCNCC1COCCN1c1cc(C)ncn1. The summed E-state index contributed by atoms with van der Waals surface area (Å²) in [5.41, 5.74) is 1.00. The van der Waals surface area contributed by atoms with E-state index in [9.17, 15) is 0 Å². The molecule has 17 heavy (non-hydrogen) atoms. The molecular weight excluding hydrogens is 216 g/mol. The van der Waals surface area contributed by atoms with Gasteiger partial charge in [-0.05, 0) is 13.5 Å². The summed E-state index contributed by atoms with van der Waals surface area (Å²) in [7, 11) is 0. The summed E-state index contributed by atoms with van der Waals surface area (Å²) in [5, 5.41) is 3.37. The molecule has 1 aromatic rings. The van der Waals surface area contributed by atoms with Crippen LogP contribution in [-0.4, -0.2) is 48.9 Å². The van der Waals surface area contributed by atoms with Gasteiger partial charge in [-0.15, -0.1) is 0 Å². The zero-order valence-electron chi connectivity index (χ0n) is 10.5. The number of nitrogens with zero attached hydrogens (tertiary/aromatic N) is 3. The average Bonchev–Trinajstić information content (AvgIpc) is 2.37. The van der Waals surface area contributed by atoms with Crippen molar-refractivity contribution in [3.8, 4) is 0 Å². The summed E-state index contributed by atoms with van der Waals surface area (Å²) in [6.45, 7) is 8.44. The van der Waals surface area contributed by atoms with E-state index in [1.807, 2.05) is 13.0 Å². The predicted octanol–water partition coefficient (Wildman–Crippen LogP) is 0.600. The molecule has 5 nitrogen and oxygen atoms in total. The maximum Gasteiger partial charge on any atom is 0.132 e. The van der Waals surface area contributed by atoms with E-state index in [0.29, 0.717) is 6.04 Å². The van der Waals surface area contributed by atoms with Gasteiger partial charge in [0.1, 0.15) is 12.1 Å². The van der Waals surface area contributed by atoms with E-state index in [1.165, 1.54) is 0 Å². The second kappa shape index (κ2) is 5.93. The molecule has 1 N–H and O–H groups in total. The van der Waals surface area contributed by atoms with E-state index < -0.39 is 0 Å². The van der Waals surface area contributed by atoms with Crippen molar-refractivity contribution in [1.29, 1.82) is 0 Å². The lowest BCUT2D eigenvalue weighted by molar-refractivity contribution is 0.0935. The van der Waals surface area contributed by atoms with E-state index in [0.717, 1.165) is 44.4 Å². The molecule has 0 spiro atoms. The van der Waals surface area contributed by atoms with Crippen molar-refractivity contribution in [2.24, 2.45) is 0 Å². The first kappa shape index (κ1) is 12.3. The van der Waals surface area contributed by atoms with Gasteiger partial charge in [-0.3, -0.25) is 0 Å². The van der Waals surface area contributed by atoms with Crippen LogP contribution in [-0.2, 0) is 4.74 Å². The fourth-order valence-electron chi connectivity index (χ4n) is 2.03. The zero-order valence-corrected chi connectivity index (χ0v) is 10.5. The summed E-state index contributed by atoms with van der Waals surface area (Å²) >= 11 is 0. The van der Waals surface area contributed by atoms with Crippen LogP contribution < -0.4 is 10.2 Å². The van der Waals surface area contributed by atoms with Crippen LogP contribution in [0, 0.1) is 6.92 Å². The van der Waals surface area contributed by atoms with Gasteiger partial charge in [-0.25, -0.2) is 9.97 Å².